The average molecular weight is 176 g/mol. The molecule has 0 atom stereocenters. The average Bonchev–Trinajstić information content (AvgIpc) is 2.84. The van der Waals surface area contributed by atoms with Crippen LogP contribution in [-0.2, 0) is 5.41 Å². The van der Waals surface area contributed by atoms with E-state index in [0.717, 1.165) is 30.6 Å². The fourth-order valence-electron chi connectivity index (χ4n) is 1.33. The van der Waals surface area contributed by atoms with Gasteiger partial charge in [0.25, 0.3) is 0 Å². The summed E-state index contributed by atoms with van der Waals surface area (Å²) in [5.41, 5.74) is 1.51. The third-order valence-electron chi connectivity index (χ3n) is 2.53. The summed E-state index contributed by atoms with van der Waals surface area (Å²) in [5, 5.41) is 0. The number of rotatable bonds is 2. The molecular weight excluding hydrogens is 164 g/mol. The van der Waals surface area contributed by atoms with Gasteiger partial charge < -0.3 is 0 Å². The second-order valence-corrected chi connectivity index (χ2v) is 3.94. The SMILES string of the molecule is Cc1cc(C=O)nc(C2(C)CC2)n1. The Morgan fingerprint density at radius 2 is 2.15 bits per heavy atom. The lowest BCUT2D eigenvalue weighted by Crippen LogP contribution is -2.09. The van der Waals surface area contributed by atoms with Crippen molar-refractivity contribution in [1.29, 1.82) is 0 Å². The van der Waals surface area contributed by atoms with Gasteiger partial charge >= 0.3 is 0 Å². The Morgan fingerprint density at radius 1 is 1.46 bits per heavy atom. The van der Waals surface area contributed by atoms with Crippen molar-refractivity contribution in [1.82, 2.24) is 9.97 Å². The van der Waals surface area contributed by atoms with Crippen LogP contribution in [0.25, 0.3) is 0 Å². The zero-order valence-electron chi connectivity index (χ0n) is 7.87. The maximum Gasteiger partial charge on any atom is 0.168 e. The zero-order chi connectivity index (χ0) is 9.47. The predicted molar refractivity (Wildman–Crippen MR) is 48.7 cm³/mol. The first-order valence-electron chi connectivity index (χ1n) is 4.45. The van der Waals surface area contributed by atoms with E-state index in [1.165, 1.54) is 0 Å². The standard InChI is InChI=1S/C10H12N2O/c1-7-5-8(6-13)12-9(11-7)10(2)3-4-10/h5-6H,3-4H2,1-2H3. The molecule has 3 nitrogen and oxygen atoms in total. The quantitative estimate of drug-likeness (QED) is 0.643. The molecule has 0 unspecified atom stereocenters. The van der Waals surface area contributed by atoms with Crippen LogP contribution in [0.15, 0.2) is 6.07 Å². The van der Waals surface area contributed by atoms with Gasteiger partial charge in [0.1, 0.15) is 11.5 Å². The fourth-order valence-corrected chi connectivity index (χ4v) is 1.33. The highest BCUT2D eigenvalue weighted by Crippen LogP contribution is 2.45. The highest BCUT2D eigenvalue weighted by atomic mass is 16.1. The normalized spacial score (nSPS) is 18.3. The van der Waals surface area contributed by atoms with Gasteiger partial charge in [-0.05, 0) is 25.8 Å². The van der Waals surface area contributed by atoms with Crippen LogP contribution in [0.3, 0.4) is 0 Å². The van der Waals surface area contributed by atoms with Crippen LogP contribution >= 0.6 is 0 Å². The highest BCUT2D eigenvalue weighted by molar-refractivity contribution is 5.71. The number of nitrogens with zero attached hydrogens (tertiary/aromatic N) is 2. The molecule has 1 aromatic heterocycles. The molecule has 1 fully saturated rings. The highest BCUT2D eigenvalue weighted by Gasteiger charge is 2.42. The summed E-state index contributed by atoms with van der Waals surface area (Å²) < 4.78 is 0. The molecule has 0 bridgehead atoms. The van der Waals surface area contributed by atoms with Crippen molar-refractivity contribution >= 4 is 6.29 Å². The summed E-state index contributed by atoms with van der Waals surface area (Å²) in [6.45, 7) is 4.03. The molecule has 68 valence electrons. The molecule has 1 saturated carbocycles. The van der Waals surface area contributed by atoms with E-state index in [1.54, 1.807) is 6.07 Å². The van der Waals surface area contributed by atoms with E-state index in [0.29, 0.717) is 5.69 Å². The van der Waals surface area contributed by atoms with Gasteiger partial charge in [-0.15, -0.1) is 0 Å². The van der Waals surface area contributed by atoms with Crippen LogP contribution in [0, 0.1) is 6.92 Å². The van der Waals surface area contributed by atoms with Gasteiger partial charge in [-0.3, -0.25) is 4.79 Å². The molecule has 0 N–H and O–H groups in total. The van der Waals surface area contributed by atoms with Crippen molar-refractivity contribution in [2.24, 2.45) is 0 Å². The number of aldehydes is 1. The van der Waals surface area contributed by atoms with E-state index in [-0.39, 0.29) is 5.41 Å². The minimum absolute atomic E-state index is 0.143. The molecule has 0 aromatic carbocycles. The molecule has 1 aliphatic carbocycles. The van der Waals surface area contributed by atoms with E-state index < -0.39 is 0 Å². The van der Waals surface area contributed by atoms with Gasteiger partial charge in [0.05, 0.1) is 0 Å². The first-order valence-corrected chi connectivity index (χ1v) is 4.45. The van der Waals surface area contributed by atoms with Crippen LogP contribution < -0.4 is 0 Å². The third-order valence-corrected chi connectivity index (χ3v) is 2.53. The van der Waals surface area contributed by atoms with Crippen molar-refractivity contribution in [3.8, 4) is 0 Å². The van der Waals surface area contributed by atoms with E-state index >= 15 is 0 Å². The van der Waals surface area contributed by atoms with Crippen LogP contribution in [0.1, 0.15) is 41.8 Å². The largest absolute Gasteiger partial charge is 0.296 e. The number of hydrogen-bond donors (Lipinski definition) is 0. The molecule has 1 aromatic rings. The van der Waals surface area contributed by atoms with Crippen LogP contribution in [0.4, 0.5) is 0 Å². The zero-order valence-corrected chi connectivity index (χ0v) is 7.87. The molecule has 0 aliphatic heterocycles. The van der Waals surface area contributed by atoms with Gasteiger partial charge in [0.2, 0.25) is 0 Å². The van der Waals surface area contributed by atoms with Crippen LogP contribution in [0.5, 0.6) is 0 Å². The van der Waals surface area contributed by atoms with Crippen molar-refractivity contribution in [2.75, 3.05) is 0 Å². The van der Waals surface area contributed by atoms with Gasteiger partial charge in [-0.2, -0.15) is 0 Å². The molecule has 2 rings (SSSR count). The van der Waals surface area contributed by atoms with Crippen LogP contribution in [0.2, 0.25) is 0 Å². The predicted octanol–water partition coefficient (Wildman–Crippen LogP) is 1.65. The molecular formula is C10H12N2O. The van der Waals surface area contributed by atoms with Gasteiger partial charge in [0, 0.05) is 11.1 Å². The van der Waals surface area contributed by atoms with E-state index in [4.69, 9.17) is 0 Å². The third kappa shape index (κ3) is 1.46. The van der Waals surface area contributed by atoms with Gasteiger partial charge in [-0.25, -0.2) is 9.97 Å². The maximum atomic E-state index is 10.6. The van der Waals surface area contributed by atoms with Crippen molar-refractivity contribution in [2.45, 2.75) is 32.1 Å². The van der Waals surface area contributed by atoms with Crippen molar-refractivity contribution < 1.29 is 4.79 Å². The molecule has 13 heavy (non-hydrogen) atoms. The summed E-state index contributed by atoms with van der Waals surface area (Å²) in [4.78, 5) is 19.1. The lowest BCUT2D eigenvalue weighted by molar-refractivity contribution is 0.111. The summed E-state index contributed by atoms with van der Waals surface area (Å²) in [6.07, 6.45) is 3.05. The smallest absolute Gasteiger partial charge is 0.168 e. The molecule has 0 saturated heterocycles. The van der Waals surface area contributed by atoms with Crippen molar-refractivity contribution in [3.63, 3.8) is 0 Å². The lowest BCUT2D eigenvalue weighted by atomic mass is 10.1. The first-order chi connectivity index (χ1) is 6.14. The summed E-state index contributed by atoms with van der Waals surface area (Å²) in [5.74, 6) is 0.828. The Hall–Kier alpha value is -1.25. The number of aryl methyl sites for hydroxylation is 1. The molecule has 0 spiro atoms. The summed E-state index contributed by atoms with van der Waals surface area (Å²) in [7, 11) is 0. The maximum absolute atomic E-state index is 10.6. The van der Waals surface area contributed by atoms with Gasteiger partial charge in [0.15, 0.2) is 6.29 Å². The summed E-state index contributed by atoms with van der Waals surface area (Å²) in [6, 6.07) is 1.71. The molecule has 1 aliphatic rings. The number of carbonyl (C=O) groups excluding carboxylic acids is 1. The fraction of sp³-hybridized carbons (Fsp3) is 0.500. The second-order valence-electron chi connectivity index (χ2n) is 3.94. The molecule has 3 heteroatoms. The molecule has 0 radical (unpaired) electrons. The first kappa shape index (κ1) is 8.35. The number of carbonyl (C=O) groups is 1. The molecule has 0 amide bonds. The monoisotopic (exact) mass is 176 g/mol. The minimum Gasteiger partial charge on any atom is -0.296 e. The van der Waals surface area contributed by atoms with Gasteiger partial charge in [-0.1, -0.05) is 6.92 Å². The number of aromatic nitrogens is 2. The Balaban J connectivity index is 2.46. The Bertz CT molecular complexity index is 356. The van der Waals surface area contributed by atoms with E-state index in [9.17, 15) is 4.79 Å². The van der Waals surface area contributed by atoms with Crippen molar-refractivity contribution in [3.05, 3.63) is 23.3 Å². The lowest BCUT2D eigenvalue weighted by Gasteiger charge is -2.07. The number of hydrogen-bond acceptors (Lipinski definition) is 3. The van der Waals surface area contributed by atoms with E-state index in [2.05, 4.69) is 16.9 Å². The van der Waals surface area contributed by atoms with E-state index in [1.807, 2.05) is 6.92 Å². The summed E-state index contributed by atoms with van der Waals surface area (Å²) >= 11 is 0. The Labute approximate surface area is 77.2 Å². The molecule has 1 heterocycles. The minimum atomic E-state index is 0.143. The second kappa shape index (κ2) is 2.62. The Morgan fingerprint density at radius 3 is 2.69 bits per heavy atom. The van der Waals surface area contributed by atoms with Crippen LogP contribution in [-0.4, -0.2) is 16.3 Å². The topological polar surface area (TPSA) is 42.9 Å². The Kier molecular flexibility index (Phi) is 1.68.